The van der Waals surface area contributed by atoms with Crippen LogP contribution in [0.2, 0.25) is 0 Å². The highest BCUT2D eigenvalue weighted by atomic mass is 16.5. The van der Waals surface area contributed by atoms with Gasteiger partial charge in [-0.15, -0.1) is 0 Å². The second-order valence-electron chi connectivity index (χ2n) is 9.40. The smallest absolute Gasteiger partial charge is 0.293 e. The minimum Gasteiger partial charge on any atom is -0.504 e. The third-order valence-electron chi connectivity index (χ3n) is 6.09. The number of benzene rings is 1. The Bertz CT molecular complexity index is 750. The van der Waals surface area contributed by atoms with Crippen LogP contribution in [0.5, 0.6) is 11.5 Å². The van der Waals surface area contributed by atoms with E-state index >= 15 is 0 Å². The zero-order chi connectivity index (χ0) is 27.7. The van der Waals surface area contributed by atoms with Gasteiger partial charge in [-0.25, -0.2) is 0 Å². The highest BCUT2D eigenvalue weighted by Gasteiger charge is 2.08. The van der Waals surface area contributed by atoms with Gasteiger partial charge in [-0.1, -0.05) is 83.8 Å². The van der Waals surface area contributed by atoms with Crippen LogP contribution in [0, 0.1) is 6.92 Å². The third kappa shape index (κ3) is 19.3. The number of rotatable bonds is 20. The molecule has 0 saturated carbocycles. The molecule has 0 heterocycles. The van der Waals surface area contributed by atoms with E-state index in [1.54, 1.807) is 12.1 Å². The lowest BCUT2D eigenvalue weighted by Crippen LogP contribution is -2.27. The van der Waals surface area contributed by atoms with E-state index in [9.17, 15) is 19.8 Å². The molecule has 0 aliphatic heterocycles. The normalized spacial score (nSPS) is 11.5. The number of hydrogen-bond donors (Lipinski definition) is 3. The van der Waals surface area contributed by atoms with Crippen molar-refractivity contribution >= 4 is 12.4 Å². The molecule has 1 amide bonds. The number of ether oxygens (including phenoxy) is 2. The number of aliphatic hydroxyl groups is 1. The second kappa shape index (κ2) is 23.8. The minimum absolute atomic E-state index is 0.0503. The molecule has 0 aliphatic carbocycles. The number of methoxy groups -OCH3 is 1. The number of hydrogen-bond acceptors (Lipinski definition) is 6. The number of phenols is 1. The predicted octanol–water partition coefficient (Wildman–Crippen LogP) is 6.51. The van der Waals surface area contributed by atoms with Gasteiger partial charge in [0.25, 0.3) is 12.4 Å². The van der Waals surface area contributed by atoms with Crippen LogP contribution < -0.4 is 10.1 Å². The molecule has 1 aromatic carbocycles. The molecule has 0 bridgehead atoms. The minimum atomic E-state index is -0.395. The number of aliphatic hydroxyl groups excluding tert-OH is 1. The van der Waals surface area contributed by atoms with E-state index in [1.807, 2.05) is 6.92 Å². The molecule has 0 spiro atoms. The SMILES string of the molecule is CCCCCCCC/C=C\CC(O)CCCCCC.COc1cc(CNC(=O)COC=O)c(C)cc1O. The molecule has 0 radical (unpaired) electrons. The number of carbonyl (C=O) groups is 2. The lowest BCUT2D eigenvalue weighted by Gasteiger charge is -2.11. The fourth-order valence-corrected chi connectivity index (χ4v) is 3.76. The van der Waals surface area contributed by atoms with Crippen LogP contribution in [-0.2, 0) is 20.9 Å². The Morgan fingerprint density at radius 2 is 1.65 bits per heavy atom. The van der Waals surface area contributed by atoms with Gasteiger partial charge in [0, 0.05) is 6.54 Å². The number of carbonyl (C=O) groups excluding carboxylic acids is 2. The maximum absolute atomic E-state index is 11.2. The van der Waals surface area contributed by atoms with Crippen molar-refractivity contribution in [3.8, 4) is 11.5 Å². The van der Waals surface area contributed by atoms with E-state index in [4.69, 9.17) is 4.74 Å². The summed E-state index contributed by atoms with van der Waals surface area (Å²) in [6.45, 7) is 6.47. The molecule has 1 unspecified atom stereocenters. The number of aromatic hydroxyl groups is 1. The highest BCUT2D eigenvalue weighted by Crippen LogP contribution is 2.29. The van der Waals surface area contributed by atoms with Crippen molar-refractivity contribution in [2.45, 2.75) is 117 Å². The molecule has 3 N–H and O–H groups in total. The Morgan fingerprint density at radius 1 is 1.00 bits per heavy atom. The maximum atomic E-state index is 11.2. The number of aryl methyl sites for hydroxylation is 1. The average molecular weight is 522 g/mol. The van der Waals surface area contributed by atoms with Crippen LogP contribution in [-0.4, -0.2) is 42.4 Å². The molecular formula is C30H51NO6. The van der Waals surface area contributed by atoms with E-state index in [2.05, 4.69) is 36.1 Å². The van der Waals surface area contributed by atoms with Crippen LogP contribution in [0.1, 0.15) is 108 Å². The number of phenolic OH excluding ortho intramolecular Hbond substituents is 1. The van der Waals surface area contributed by atoms with Gasteiger partial charge >= 0.3 is 0 Å². The van der Waals surface area contributed by atoms with Crippen LogP contribution in [0.3, 0.4) is 0 Å². The maximum Gasteiger partial charge on any atom is 0.293 e. The summed E-state index contributed by atoms with van der Waals surface area (Å²) in [6, 6.07) is 3.20. The first-order valence-electron chi connectivity index (χ1n) is 13.9. The Labute approximate surface area is 224 Å². The summed E-state index contributed by atoms with van der Waals surface area (Å²) in [5, 5.41) is 21.9. The van der Waals surface area contributed by atoms with Crippen molar-refractivity contribution in [3.63, 3.8) is 0 Å². The third-order valence-corrected chi connectivity index (χ3v) is 6.09. The Balaban J connectivity index is 0.000000701. The van der Waals surface area contributed by atoms with Crippen molar-refractivity contribution in [2.24, 2.45) is 0 Å². The first kappa shape index (κ1) is 34.5. The van der Waals surface area contributed by atoms with Crippen LogP contribution in [0.4, 0.5) is 0 Å². The van der Waals surface area contributed by atoms with E-state index in [0.717, 1.165) is 24.0 Å². The van der Waals surface area contributed by atoms with E-state index in [-0.39, 0.29) is 31.5 Å². The van der Waals surface area contributed by atoms with E-state index in [1.165, 1.54) is 77.7 Å². The van der Waals surface area contributed by atoms with Crippen LogP contribution in [0.25, 0.3) is 0 Å². The molecule has 0 fully saturated rings. The summed E-state index contributed by atoms with van der Waals surface area (Å²) in [4.78, 5) is 21.1. The molecular weight excluding hydrogens is 470 g/mol. The molecule has 7 heteroatoms. The number of allylic oxidation sites excluding steroid dienone is 1. The Hall–Kier alpha value is -2.54. The summed E-state index contributed by atoms with van der Waals surface area (Å²) < 4.78 is 9.30. The Kier molecular flexibility index (Phi) is 22.2. The molecule has 0 aromatic heterocycles. The van der Waals surface area contributed by atoms with Gasteiger partial charge in [-0.3, -0.25) is 9.59 Å². The van der Waals surface area contributed by atoms with Crippen molar-refractivity contribution < 1.29 is 29.3 Å². The van der Waals surface area contributed by atoms with Gasteiger partial charge in [0.2, 0.25) is 0 Å². The van der Waals surface area contributed by atoms with Gasteiger partial charge < -0.3 is 25.0 Å². The first-order valence-corrected chi connectivity index (χ1v) is 13.9. The summed E-state index contributed by atoms with van der Waals surface area (Å²) >= 11 is 0. The quantitative estimate of drug-likeness (QED) is 0.103. The zero-order valence-electron chi connectivity index (χ0n) is 23.6. The summed E-state index contributed by atoms with van der Waals surface area (Å²) in [5.74, 6) is -0.00287. The van der Waals surface area contributed by atoms with Gasteiger partial charge in [0.15, 0.2) is 18.1 Å². The molecule has 212 valence electrons. The van der Waals surface area contributed by atoms with Gasteiger partial charge in [-0.05, 0) is 55.9 Å². The fourth-order valence-electron chi connectivity index (χ4n) is 3.76. The molecule has 0 saturated heterocycles. The van der Waals surface area contributed by atoms with E-state index in [0.29, 0.717) is 5.75 Å². The largest absolute Gasteiger partial charge is 0.504 e. The zero-order valence-corrected chi connectivity index (χ0v) is 23.6. The van der Waals surface area contributed by atoms with Crippen molar-refractivity contribution in [3.05, 3.63) is 35.4 Å². The first-order chi connectivity index (χ1) is 17.9. The average Bonchev–Trinajstić information content (AvgIpc) is 2.89. The summed E-state index contributed by atoms with van der Waals surface area (Å²) in [6.07, 6.45) is 20.6. The van der Waals surface area contributed by atoms with Gasteiger partial charge in [0.1, 0.15) is 0 Å². The fraction of sp³-hybridized carbons (Fsp3) is 0.667. The molecule has 1 rings (SSSR count). The lowest BCUT2D eigenvalue weighted by molar-refractivity contribution is -0.137. The lowest BCUT2D eigenvalue weighted by atomic mass is 10.1. The molecule has 1 aromatic rings. The van der Waals surface area contributed by atoms with Crippen molar-refractivity contribution in [1.29, 1.82) is 0 Å². The Morgan fingerprint density at radius 3 is 2.30 bits per heavy atom. The van der Waals surface area contributed by atoms with Gasteiger partial charge in [0.05, 0.1) is 13.2 Å². The molecule has 37 heavy (non-hydrogen) atoms. The monoisotopic (exact) mass is 521 g/mol. The molecule has 7 nitrogen and oxygen atoms in total. The summed E-state index contributed by atoms with van der Waals surface area (Å²) in [5.41, 5.74) is 1.63. The predicted molar refractivity (Wildman–Crippen MR) is 150 cm³/mol. The van der Waals surface area contributed by atoms with Gasteiger partial charge in [-0.2, -0.15) is 0 Å². The topological polar surface area (TPSA) is 105 Å². The number of amides is 1. The second-order valence-corrected chi connectivity index (χ2v) is 9.40. The summed E-state index contributed by atoms with van der Waals surface area (Å²) in [7, 11) is 1.45. The molecule has 1 atom stereocenters. The van der Waals surface area contributed by atoms with E-state index < -0.39 is 5.91 Å². The standard InChI is InChI=1S/C18H36O.C12H15NO5/c1-3-5-7-9-10-11-12-13-15-17-18(19)16-14-8-6-4-2;1-8-3-10(15)11(17-2)4-9(8)5-13-12(16)6-18-7-14/h13,15,18-19H,3-12,14,16-17H2,1-2H3;3-4,7,15H,5-6H2,1-2H3,(H,13,16)/b15-13-;. The van der Waals surface area contributed by atoms with Crippen LogP contribution in [0.15, 0.2) is 24.3 Å². The number of nitrogens with one attached hydrogen (secondary N) is 1. The van der Waals surface area contributed by atoms with Crippen LogP contribution >= 0.6 is 0 Å². The van der Waals surface area contributed by atoms with Crippen molar-refractivity contribution in [2.75, 3.05) is 13.7 Å². The van der Waals surface area contributed by atoms with Crippen molar-refractivity contribution in [1.82, 2.24) is 5.32 Å². The highest BCUT2D eigenvalue weighted by molar-refractivity contribution is 5.78. The number of unbranched alkanes of at least 4 members (excludes halogenated alkanes) is 9. The molecule has 0 aliphatic rings.